The van der Waals surface area contributed by atoms with E-state index in [2.05, 4.69) is 5.32 Å². The third kappa shape index (κ3) is 3.42. The highest BCUT2D eigenvalue weighted by atomic mass is 32.2. The van der Waals surface area contributed by atoms with Gasteiger partial charge >= 0.3 is 0 Å². The third-order valence-corrected chi connectivity index (χ3v) is 4.61. The summed E-state index contributed by atoms with van der Waals surface area (Å²) in [4.78, 5) is 25.4. The number of amides is 2. The maximum atomic E-state index is 13.9. The molecule has 1 heterocycles. The number of carbonyl (C=O) groups excluding carboxylic acids is 2. The van der Waals surface area contributed by atoms with Gasteiger partial charge in [-0.05, 0) is 13.1 Å². The summed E-state index contributed by atoms with van der Waals surface area (Å²) < 4.78 is 39.0. The molecule has 1 saturated heterocycles. The minimum Gasteiger partial charge on any atom is -0.352 e. The number of sulfonamides is 1. The first-order valence-corrected chi connectivity index (χ1v) is 8.24. The Hall–Kier alpha value is -2.00. The summed E-state index contributed by atoms with van der Waals surface area (Å²) in [6, 6.07) is 4.43. The molecular formula is C13H16FN3O4S. The van der Waals surface area contributed by atoms with E-state index in [9.17, 15) is 22.4 Å². The molecule has 2 amide bonds. The summed E-state index contributed by atoms with van der Waals surface area (Å²) in [5.74, 6) is -2.70. The van der Waals surface area contributed by atoms with Gasteiger partial charge in [0, 0.05) is 18.7 Å². The molecule has 0 bridgehead atoms. The van der Waals surface area contributed by atoms with Crippen LogP contribution in [0, 0.1) is 5.82 Å². The van der Waals surface area contributed by atoms with E-state index < -0.39 is 39.4 Å². The minimum absolute atomic E-state index is 0.0369. The number of benzene rings is 1. The Balaban J connectivity index is 2.34. The fourth-order valence-electron chi connectivity index (χ4n) is 2.26. The van der Waals surface area contributed by atoms with Crippen LogP contribution in [0.3, 0.4) is 0 Å². The zero-order chi connectivity index (χ0) is 16.3. The molecule has 9 heteroatoms. The second-order valence-corrected chi connectivity index (χ2v) is 6.69. The van der Waals surface area contributed by atoms with Crippen molar-refractivity contribution < 1.29 is 22.4 Å². The lowest BCUT2D eigenvalue weighted by molar-refractivity contribution is -0.141. The zero-order valence-electron chi connectivity index (χ0n) is 11.9. The van der Waals surface area contributed by atoms with Crippen LogP contribution in [0.1, 0.15) is 11.6 Å². The van der Waals surface area contributed by atoms with Crippen molar-refractivity contribution in [2.24, 2.45) is 0 Å². The van der Waals surface area contributed by atoms with E-state index in [-0.39, 0.29) is 18.7 Å². The predicted octanol–water partition coefficient (Wildman–Crippen LogP) is -0.626. The Labute approximate surface area is 127 Å². The maximum Gasteiger partial charge on any atom is 0.247 e. The molecule has 7 nitrogen and oxygen atoms in total. The molecule has 1 aliphatic heterocycles. The van der Waals surface area contributed by atoms with E-state index in [1.807, 2.05) is 4.72 Å². The molecule has 2 N–H and O–H groups in total. The monoisotopic (exact) mass is 329 g/mol. The van der Waals surface area contributed by atoms with E-state index >= 15 is 0 Å². The Morgan fingerprint density at radius 1 is 1.45 bits per heavy atom. The fraction of sp³-hybridized carbons (Fsp3) is 0.385. The van der Waals surface area contributed by atoms with Gasteiger partial charge in [-0.25, -0.2) is 17.5 Å². The first kappa shape index (κ1) is 16.4. The van der Waals surface area contributed by atoms with E-state index in [4.69, 9.17) is 0 Å². The quantitative estimate of drug-likeness (QED) is 0.769. The van der Waals surface area contributed by atoms with Crippen LogP contribution in [0.15, 0.2) is 24.3 Å². The Morgan fingerprint density at radius 3 is 2.77 bits per heavy atom. The molecule has 1 unspecified atom stereocenters. The minimum atomic E-state index is -3.77. The zero-order valence-corrected chi connectivity index (χ0v) is 12.7. The molecular weight excluding hydrogens is 313 g/mol. The number of nitrogens with one attached hydrogen (secondary N) is 2. The largest absolute Gasteiger partial charge is 0.352 e. The Kier molecular flexibility index (Phi) is 4.77. The highest BCUT2D eigenvalue weighted by molar-refractivity contribution is 7.90. The number of piperazine rings is 1. The van der Waals surface area contributed by atoms with Gasteiger partial charge in [-0.1, -0.05) is 18.2 Å². The van der Waals surface area contributed by atoms with Gasteiger partial charge in [0.15, 0.2) is 0 Å². The van der Waals surface area contributed by atoms with Gasteiger partial charge in [0.1, 0.15) is 17.6 Å². The van der Waals surface area contributed by atoms with Crippen molar-refractivity contribution in [3.8, 4) is 0 Å². The number of carbonyl (C=O) groups is 2. The molecule has 1 fully saturated rings. The van der Waals surface area contributed by atoms with Crippen molar-refractivity contribution in [2.75, 3.05) is 25.9 Å². The molecule has 0 aromatic heterocycles. The number of rotatable bonds is 4. The summed E-state index contributed by atoms with van der Waals surface area (Å²) in [7, 11) is -2.57. The molecule has 22 heavy (non-hydrogen) atoms. The highest BCUT2D eigenvalue weighted by Crippen LogP contribution is 2.25. The van der Waals surface area contributed by atoms with Gasteiger partial charge in [-0.3, -0.25) is 9.59 Å². The topological polar surface area (TPSA) is 95.6 Å². The van der Waals surface area contributed by atoms with Crippen LogP contribution >= 0.6 is 0 Å². The van der Waals surface area contributed by atoms with Crippen LogP contribution in [-0.2, 0) is 19.6 Å². The van der Waals surface area contributed by atoms with Gasteiger partial charge in [0.25, 0.3) is 0 Å². The van der Waals surface area contributed by atoms with Crippen LogP contribution in [0.5, 0.6) is 0 Å². The average Bonchev–Trinajstić information content (AvgIpc) is 2.47. The van der Waals surface area contributed by atoms with Gasteiger partial charge in [-0.2, -0.15) is 0 Å². The molecule has 0 spiro atoms. The Morgan fingerprint density at radius 2 is 2.14 bits per heavy atom. The van der Waals surface area contributed by atoms with Crippen molar-refractivity contribution in [1.29, 1.82) is 0 Å². The number of hydrogen-bond donors (Lipinski definition) is 2. The molecule has 0 saturated carbocycles. The Bertz CT molecular complexity index is 692. The SMILES string of the molecule is CNS(=O)(=O)CC(=O)N1CCNC(=O)C1c1ccccc1F. The van der Waals surface area contributed by atoms with Crippen LogP contribution in [0.2, 0.25) is 0 Å². The predicted molar refractivity (Wildman–Crippen MR) is 76.7 cm³/mol. The van der Waals surface area contributed by atoms with Crippen molar-refractivity contribution in [3.05, 3.63) is 35.6 Å². The average molecular weight is 329 g/mol. The lowest BCUT2D eigenvalue weighted by Crippen LogP contribution is -2.54. The lowest BCUT2D eigenvalue weighted by atomic mass is 10.0. The van der Waals surface area contributed by atoms with Crippen LogP contribution in [0.4, 0.5) is 4.39 Å². The molecule has 1 aliphatic rings. The summed E-state index contributed by atoms with van der Waals surface area (Å²) in [5, 5.41) is 2.55. The first-order chi connectivity index (χ1) is 10.4. The number of hydrogen-bond acceptors (Lipinski definition) is 4. The maximum absolute atomic E-state index is 13.9. The number of nitrogens with zero attached hydrogens (tertiary/aromatic N) is 1. The molecule has 1 aromatic rings. The van der Waals surface area contributed by atoms with Crippen molar-refractivity contribution in [1.82, 2.24) is 14.9 Å². The highest BCUT2D eigenvalue weighted by Gasteiger charge is 2.36. The smallest absolute Gasteiger partial charge is 0.247 e. The molecule has 0 aliphatic carbocycles. The molecule has 120 valence electrons. The van der Waals surface area contributed by atoms with Gasteiger partial charge in [0.2, 0.25) is 21.8 Å². The van der Waals surface area contributed by atoms with Crippen molar-refractivity contribution in [2.45, 2.75) is 6.04 Å². The fourth-order valence-corrected chi connectivity index (χ4v) is 2.89. The summed E-state index contributed by atoms with van der Waals surface area (Å²) in [6.07, 6.45) is 0. The molecule has 1 atom stereocenters. The molecule has 0 radical (unpaired) electrons. The van der Waals surface area contributed by atoms with Crippen LogP contribution < -0.4 is 10.0 Å². The number of halogens is 1. The lowest BCUT2D eigenvalue weighted by Gasteiger charge is -2.35. The van der Waals surface area contributed by atoms with Gasteiger partial charge in [-0.15, -0.1) is 0 Å². The third-order valence-electron chi connectivity index (χ3n) is 3.36. The summed E-state index contributed by atoms with van der Waals surface area (Å²) in [6.45, 7) is 0.304. The van der Waals surface area contributed by atoms with E-state index in [0.717, 1.165) is 4.90 Å². The standard InChI is InChI=1S/C13H16FN3O4S/c1-15-22(20,21)8-11(18)17-7-6-16-13(19)12(17)9-4-2-3-5-10(9)14/h2-5,12,15H,6-8H2,1H3,(H,16,19). The van der Waals surface area contributed by atoms with Crippen LogP contribution in [-0.4, -0.2) is 51.0 Å². The van der Waals surface area contributed by atoms with Crippen molar-refractivity contribution >= 4 is 21.8 Å². The summed E-state index contributed by atoms with van der Waals surface area (Å²) >= 11 is 0. The van der Waals surface area contributed by atoms with E-state index in [1.54, 1.807) is 6.07 Å². The second kappa shape index (κ2) is 6.41. The van der Waals surface area contributed by atoms with Crippen molar-refractivity contribution in [3.63, 3.8) is 0 Å². The first-order valence-electron chi connectivity index (χ1n) is 6.58. The molecule has 1 aromatic carbocycles. The van der Waals surface area contributed by atoms with E-state index in [0.29, 0.717) is 0 Å². The van der Waals surface area contributed by atoms with E-state index in [1.165, 1.54) is 25.2 Å². The van der Waals surface area contributed by atoms with Gasteiger partial charge < -0.3 is 10.2 Å². The van der Waals surface area contributed by atoms with Gasteiger partial charge in [0.05, 0.1) is 0 Å². The summed E-state index contributed by atoms with van der Waals surface area (Å²) in [5.41, 5.74) is 0.0369. The van der Waals surface area contributed by atoms with Crippen LogP contribution in [0.25, 0.3) is 0 Å². The normalized spacial score (nSPS) is 18.9. The molecule has 2 rings (SSSR count). The second-order valence-electron chi connectivity index (χ2n) is 4.77.